The molecule has 0 aliphatic carbocycles. The van der Waals surface area contributed by atoms with Crippen molar-refractivity contribution in [1.82, 2.24) is 0 Å². The Bertz CT molecular complexity index is 247. The molecule has 6 N–H and O–H groups in total. The van der Waals surface area contributed by atoms with Crippen LogP contribution >= 0.6 is 23.5 Å². The second-order valence-electron chi connectivity index (χ2n) is 3.45. The number of carboxylic acid groups (broad SMARTS) is 2. The number of thioether (sulfide) groups is 2. The van der Waals surface area contributed by atoms with Crippen LogP contribution in [0.4, 0.5) is 0 Å². The fourth-order valence-corrected chi connectivity index (χ4v) is 1.72. The van der Waals surface area contributed by atoms with E-state index >= 15 is 0 Å². The maximum Gasteiger partial charge on any atom is 1.00 e. The molecule has 7 nitrogen and oxygen atoms in total. The van der Waals surface area contributed by atoms with Crippen molar-refractivity contribution in [3.8, 4) is 0 Å². The molecular formula is C10H23N2NaO5S3. The predicted molar refractivity (Wildman–Crippen MR) is 86.5 cm³/mol. The van der Waals surface area contributed by atoms with E-state index in [0.29, 0.717) is 12.8 Å². The summed E-state index contributed by atoms with van der Waals surface area (Å²) in [5.74, 6) is -0.200. The first-order valence-corrected chi connectivity index (χ1v) is 8.60. The Kier molecular flexibility index (Phi) is 32.2. The van der Waals surface area contributed by atoms with E-state index in [0.717, 1.165) is 11.5 Å². The fraction of sp³-hybridized carbons (Fsp3) is 0.800. The van der Waals surface area contributed by atoms with Crippen molar-refractivity contribution in [2.45, 2.75) is 24.9 Å². The summed E-state index contributed by atoms with van der Waals surface area (Å²) in [5, 5.41) is 16.5. The van der Waals surface area contributed by atoms with Crippen molar-refractivity contribution in [1.29, 1.82) is 0 Å². The smallest absolute Gasteiger partial charge is 1.00 e. The van der Waals surface area contributed by atoms with E-state index in [-0.39, 0.29) is 31.0 Å². The number of rotatable bonds is 8. The van der Waals surface area contributed by atoms with Crippen LogP contribution in [0.3, 0.4) is 0 Å². The molecule has 0 rings (SSSR count). The van der Waals surface area contributed by atoms with E-state index < -0.39 is 24.0 Å². The molecule has 0 aromatic heterocycles. The van der Waals surface area contributed by atoms with E-state index in [4.69, 9.17) is 25.9 Å². The molecule has 122 valence electrons. The van der Waals surface area contributed by atoms with Gasteiger partial charge in [0.1, 0.15) is 12.1 Å². The fourth-order valence-electron chi connectivity index (χ4n) is 0.737. The van der Waals surface area contributed by atoms with E-state index in [1.165, 1.54) is 0 Å². The molecule has 11 heteroatoms. The first-order valence-electron chi connectivity index (χ1n) is 5.48. The monoisotopic (exact) mass is 370 g/mol. The van der Waals surface area contributed by atoms with Crippen molar-refractivity contribution in [2.24, 2.45) is 11.5 Å². The summed E-state index contributed by atoms with van der Waals surface area (Å²) in [4.78, 5) is 20.1. The van der Waals surface area contributed by atoms with Gasteiger partial charge in [-0.25, -0.2) is 0 Å². The zero-order valence-electron chi connectivity index (χ0n) is 13.5. The Hall–Kier alpha value is 0.580. The predicted octanol–water partition coefficient (Wildman–Crippen LogP) is -2.92. The number of hydrogen-bond donors (Lipinski definition) is 4. The standard InChI is InChI=1S/2C5H11NO2S.Na.OS.H/c2*1-9-3-2-4(6)5(7)8;;1-2;/h2*4H,2-3,6H2,1H3,(H,7,8);;;/q;;+1;;-1/t2*4-;;;/m00.../s1. The molecular weight excluding hydrogens is 347 g/mol. The van der Waals surface area contributed by atoms with Crippen LogP contribution in [0.2, 0.25) is 0 Å². The Labute approximate surface area is 162 Å². The Morgan fingerprint density at radius 2 is 1.24 bits per heavy atom. The van der Waals surface area contributed by atoms with Crippen molar-refractivity contribution in [2.75, 3.05) is 24.0 Å². The molecule has 0 aromatic carbocycles. The number of carbonyl (C=O) groups is 2. The maximum atomic E-state index is 10.1. The van der Waals surface area contributed by atoms with Gasteiger partial charge in [-0.2, -0.15) is 27.7 Å². The first kappa shape index (κ1) is 29.6. The van der Waals surface area contributed by atoms with E-state index in [2.05, 4.69) is 12.5 Å². The second-order valence-corrected chi connectivity index (χ2v) is 5.42. The summed E-state index contributed by atoms with van der Waals surface area (Å²) in [7, 11) is 0. The number of hydrogen-bond acceptors (Lipinski definition) is 8. The largest absolute Gasteiger partial charge is 1.00 e. The summed E-state index contributed by atoms with van der Waals surface area (Å²) >= 11 is 6.04. The summed E-state index contributed by atoms with van der Waals surface area (Å²) in [6, 6.07) is -1.37. The molecule has 0 unspecified atom stereocenters. The normalized spacial score (nSPS) is 11.4. The Morgan fingerprint density at radius 3 is 1.38 bits per heavy atom. The summed E-state index contributed by atoms with van der Waals surface area (Å²) < 4.78 is 7.83. The molecule has 0 saturated heterocycles. The van der Waals surface area contributed by atoms with Gasteiger partial charge in [-0.05, 0) is 36.9 Å². The van der Waals surface area contributed by atoms with Crippen molar-refractivity contribution >= 4 is 48.0 Å². The van der Waals surface area contributed by atoms with Crippen molar-refractivity contribution in [3.05, 3.63) is 0 Å². The summed E-state index contributed by atoms with van der Waals surface area (Å²) in [5.41, 5.74) is 10.4. The van der Waals surface area contributed by atoms with Gasteiger partial charge in [-0.3, -0.25) is 9.59 Å². The molecule has 0 radical (unpaired) electrons. The Morgan fingerprint density at radius 1 is 1.00 bits per heavy atom. The first-order chi connectivity index (χ1) is 9.36. The van der Waals surface area contributed by atoms with Crippen LogP contribution in [0.1, 0.15) is 14.3 Å². The molecule has 0 spiro atoms. The number of aliphatic carboxylic acids is 2. The average Bonchev–Trinajstić information content (AvgIpc) is 2.44. The third-order valence-corrected chi connectivity index (χ3v) is 3.19. The van der Waals surface area contributed by atoms with Gasteiger partial charge in [-0.1, -0.05) is 0 Å². The molecule has 0 aliphatic heterocycles. The van der Waals surface area contributed by atoms with E-state index in [9.17, 15) is 9.59 Å². The zero-order valence-corrected chi connectivity index (χ0v) is 16.9. The minimum absolute atomic E-state index is 0. The molecule has 0 saturated carbocycles. The SMILES string of the molecule is CSCC[C@H](N)C(=O)O.CSCC[C@H](N)C(=O)O.O=S.[H-].[Na+]. The van der Waals surface area contributed by atoms with Crippen LogP contribution in [-0.2, 0) is 22.1 Å². The maximum absolute atomic E-state index is 10.1. The van der Waals surface area contributed by atoms with Gasteiger partial charge in [0.15, 0.2) is 12.5 Å². The molecule has 0 bridgehead atoms. The van der Waals surface area contributed by atoms with Crippen LogP contribution in [-0.4, -0.2) is 62.5 Å². The molecule has 0 aromatic rings. The van der Waals surface area contributed by atoms with Crippen molar-refractivity contribution < 1.29 is 55.0 Å². The molecule has 0 heterocycles. The zero-order chi connectivity index (χ0) is 16.6. The molecule has 21 heavy (non-hydrogen) atoms. The third kappa shape index (κ3) is 25.8. The minimum atomic E-state index is -0.913. The molecule has 0 aliphatic rings. The summed E-state index contributed by atoms with van der Waals surface area (Å²) in [6.45, 7) is 0. The van der Waals surface area contributed by atoms with Crippen LogP contribution in [0, 0.1) is 0 Å². The van der Waals surface area contributed by atoms with Gasteiger partial charge in [0.2, 0.25) is 0 Å². The van der Waals surface area contributed by atoms with E-state index in [1.54, 1.807) is 23.5 Å². The van der Waals surface area contributed by atoms with Crippen LogP contribution in [0.25, 0.3) is 0 Å². The van der Waals surface area contributed by atoms with Crippen molar-refractivity contribution in [3.63, 3.8) is 0 Å². The Balaban J connectivity index is -0.0000000726. The minimum Gasteiger partial charge on any atom is -1.00 e. The van der Waals surface area contributed by atoms with Gasteiger partial charge in [0, 0.05) is 0 Å². The third-order valence-electron chi connectivity index (χ3n) is 1.90. The second kappa shape index (κ2) is 22.9. The van der Waals surface area contributed by atoms with E-state index in [1.807, 2.05) is 12.5 Å². The van der Waals surface area contributed by atoms with Gasteiger partial charge in [-0.15, -0.1) is 0 Å². The molecule has 2 atom stereocenters. The van der Waals surface area contributed by atoms with Gasteiger partial charge in [0.05, 0.1) is 0 Å². The van der Waals surface area contributed by atoms with Gasteiger partial charge >= 0.3 is 41.5 Å². The molecule has 0 amide bonds. The van der Waals surface area contributed by atoms with Crippen LogP contribution in [0.5, 0.6) is 0 Å². The van der Waals surface area contributed by atoms with Gasteiger partial charge in [0.25, 0.3) is 0 Å². The van der Waals surface area contributed by atoms with Crippen LogP contribution < -0.4 is 41.0 Å². The summed E-state index contributed by atoms with van der Waals surface area (Å²) in [6.07, 6.45) is 4.95. The average molecular weight is 370 g/mol. The molecule has 0 fully saturated rings. The number of nitrogens with two attached hydrogens (primary N) is 2. The topological polar surface area (TPSA) is 144 Å². The number of carboxylic acids is 2. The van der Waals surface area contributed by atoms with Crippen LogP contribution in [0.15, 0.2) is 0 Å². The quantitative estimate of drug-likeness (QED) is 0.328. The van der Waals surface area contributed by atoms with Gasteiger partial charge < -0.3 is 23.1 Å².